The highest BCUT2D eigenvalue weighted by molar-refractivity contribution is 7.89. The zero-order chi connectivity index (χ0) is 20.3. The predicted molar refractivity (Wildman–Crippen MR) is 95.7 cm³/mol. The van der Waals surface area contributed by atoms with E-state index in [2.05, 4.69) is 0 Å². The number of sulfonamides is 1. The van der Waals surface area contributed by atoms with Crippen molar-refractivity contribution in [2.24, 2.45) is 0 Å². The molecule has 0 bridgehead atoms. The maximum Gasteiger partial charge on any atom is 0.326 e. The summed E-state index contributed by atoms with van der Waals surface area (Å²) in [5.41, 5.74) is 0.196. The lowest BCUT2D eigenvalue weighted by Crippen LogP contribution is -2.35. The number of ether oxygens (including phenoxy) is 1. The molecule has 2 fully saturated rings. The van der Waals surface area contributed by atoms with Crippen LogP contribution in [0.3, 0.4) is 0 Å². The molecule has 1 aromatic carbocycles. The standard InChI is InChI=1S/C18H20N2O7S/c21-15(12-27-18(24)11-20-16(22)7-8-17(20)23)13-3-5-14(6-4-13)28(25,26)19-9-1-2-10-19/h3-6H,1-2,7-12H2. The minimum absolute atomic E-state index is 0.0672. The summed E-state index contributed by atoms with van der Waals surface area (Å²) in [6.07, 6.45) is 1.79. The van der Waals surface area contributed by atoms with Crippen molar-refractivity contribution >= 4 is 33.6 Å². The SMILES string of the molecule is O=C(CN1C(=O)CCC1=O)OCC(=O)c1ccc(S(=O)(=O)N2CCCC2)cc1. The van der Waals surface area contributed by atoms with Crippen LogP contribution < -0.4 is 0 Å². The summed E-state index contributed by atoms with van der Waals surface area (Å²) in [6, 6.07) is 5.44. The quantitative estimate of drug-likeness (QED) is 0.363. The van der Waals surface area contributed by atoms with Crippen LogP contribution in [0.5, 0.6) is 0 Å². The van der Waals surface area contributed by atoms with E-state index in [1.54, 1.807) is 0 Å². The second-order valence-corrected chi connectivity index (χ2v) is 8.53. The van der Waals surface area contributed by atoms with Crippen molar-refractivity contribution in [3.8, 4) is 0 Å². The van der Waals surface area contributed by atoms with E-state index in [4.69, 9.17) is 4.74 Å². The van der Waals surface area contributed by atoms with Crippen LogP contribution >= 0.6 is 0 Å². The molecule has 0 spiro atoms. The monoisotopic (exact) mass is 408 g/mol. The van der Waals surface area contributed by atoms with E-state index in [0.717, 1.165) is 17.7 Å². The fourth-order valence-corrected chi connectivity index (χ4v) is 4.61. The van der Waals surface area contributed by atoms with Gasteiger partial charge < -0.3 is 4.74 Å². The molecule has 28 heavy (non-hydrogen) atoms. The van der Waals surface area contributed by atoms with E-state index in [0.29, 0.717) is 13.1 Å². The first-order valence-electron chi connectivity index (χ1n) is 8.91. The number of carbonyl (C=O) groups excluding carboxylic acids is 4. The molecule has 2 amide bonds. The van der Waals surface area contributed by atoms with Crippen LogP contribution in [0.4, 0.5) is 0 Å². The molecule has 10 heteroatoms. The van der Waals surface area contributed by atoms with Gasteiger partial charge in [0.05, 0.1) is 4.90 Å². The van der Waals surface area contributed by atoms with Crippen molar-refractivity contribution < 1.29 is 32.3 Å². The van der Waals surface area contributed by atoms with Crippen LogP contribution in [-0.4, -0.2) is 67.4 Å². The molecule has 0 radical (unpaired) electrons. The first-order valence-corrected chi connectivity index (χ1v) is 10.4. The lowest BCUT2D eigenvalue weighted by Gasteiger charge is -2.15. The number of hydrogen-bond acceptors (Lipinski definition) is 7. The van der Waals surface area contributed by atoms with E-state index in [1.807, 2.05) is 0 Å². The van der Waals surface area contributed by atoms with Gasteiger partial charge >= 0.3 is 5.97 Å². The zero-order valence-corrected chi connectivity index (χ0v) is 15.9. The normalized spacial score (nSPS) is 17.9. The van der Waals surface area contributed by atoms with Gasteiger partial charge in [0, 0.05) is 31.5 Å². The number of likely N-dealkylation sites (tertiary alicyclic amines) is 1. The third-order valence-electron chi connectivity index (χ3n) is 4.69. The number of Topliss-reactive ketones (excluding diaryl/α,β-unsaturated/α-hetero) is 1. The van der Waals surface area contributed by atoms with Crippen LogP contribution in [0.15, 0.2) is 29.2 Å². The molecule has 0 N–H and O–H groups in total. The van der Waals surface area contributed by atoms with Crippen molar-refractivity contribution in [3.05, 3.63) is 29.8 Å². The molecule has 0 atom stereocenters. The minimum Gasteiger partial charge on any atom is -0.456 e. The summed E-state index contributed by atoms with van der Waals surface area (Å²) in [6.45, 7) is -0.104. The van der Waals surface area contributed by atoms with Gasteiger partial charge in [-0.3, -0.25) is 24.1 Å². The number of ketones is 1. The predicted octanol–water partition coefficient (Wildman–Crippen LogP) is 0.346. The summed E-state index contributed by atoms with van der Waals surface area (Å²) in [5, 5.41) is 0. The molecule has 2 aliphatic heterocycles. The van der Waals surface area contributed by atoms with Crippen molar-refractivity contribution in [3.63, 3.8) is 0 Å². The molecule has 2 saturated heterocycles. The Balaban J connectivity index is 1.55. The molecule has 1 aromatic rings. The molecule has 150 valence electrons. The number of imide groups is 1. The van der Waals surface area contributed by atoms with Crippen molar-refractivity contribution in [2.75, 3.05) is 26.2 Å². The third-order valence-corrected chi connectivity index (χ3v) is 6.60. The van der Waals surface area contributed by atoms with Crippen LogP contribution in [0.2, 0.25) is 0 Å². The van der Waals surface area contributed by atoms with Gasteiger partial charge in [-0.15, -0.1) is 0 Å². The third kappa shape index (κ3) is 4.28. The van der Waals surface area contributed by atoms with Gasteiger partial charge in [0.1, 0.15) is 6.54 Å². The Morgan fingerprint density at radius 2 is 1.54 bits per heavy atom. The molecule has 0 saturated carbocycles. The highest BCUT2D eigenvalue weighted by atomic mass is 32.2. The number of esters is 1. The van der Waals surface area contributed by atoms with Crippen LogP contribution in [0.1, 0.15) is 36.0 Å². The highest BCUT2D eigenvalue weighted by Gasteiger charge is 2.31. The number of amides is 2. The second kappa shape index (κ2) is 8.19. The van der Waals surface area contributed by atoms with Gasteiger partial charge in [0.15, 0.2) is 12.4 Å². The zero-order valence-electron chi connectivity index (χ0n) is 15.1. The molecule has 9 nitrogen and oxygen atoms in total. The number of nitrogens with zero attached hydrogens (tertiary/aromatic N) is 2. The Morgan fingerprint density at radius 1 is 0.964 bits per heavy atom. The largest absolute Gasteiger partial charge is 0.456 e. The first-order chi connectivity index (χ1) is 13.3. The van der Waals surface area contributed by atoms with Crippen molar-refractivity contribution in [1.29, 1.82) is 0 Å². The second-order valence-electron chi connectivity index (χ2n) is 6.59. The van der Waals surface area contributed by atoms with Crippen LogP contribution in [0.25, 0.3) is 0 Å². The summed E-state index contributed by atoms with van der Waals surface area (Å²) in [4.78, 5) is 47.7. The van der Waals surface area contributed by atoms with Crippen LogP contribution in [-0.2, 0) is 29.1 Å². The van der Waals surface area contributed by atoms with Crippen molar-refractivity contribution in [2.45, 2.75) is 30.6 Å². The molecular weight excluding hydrogens is 388 g/mol. The molecule has 0 aromatic heterocycles. The fourth-order valence-electron chi connectivity index (χ4n) is 3.09. The average molecular weight is 408 g/mol. The Morgan fingerprint density at radius 3 is 2.11 bits per heavy atom. The number of benzene rings is 1. The van der Waals surface area contributed by atoms with Gasteiger partial charge in [-0.25, -0.2) is 8.42 Å². The lowest BCUT2D eigenvalue weighted by atomic mass is 10.1. The molecule has 3 rings (SSSR count). The molecule has 0 aliphatic carbocycles. The van der Waals surface area contributed by atoms with Crippen molar-refractivity contribution in [1.82, 2.24) is 9.21 Å². The summed E-state index contributed by atoms with van der Waals surface area (Å²) >= 11 is 0. The van der Waals surface area contributed by atoms with E-state index in [-0.39, 0.29) is 23.3 Å². The number of carbonyl (C=O) groups is 4. The maximum absolute atomic E-state index is 12.5. The Kier molecular flexibility index (Phi) is 5.90. The van der Waals surface area contributed by atoms with Gasteiger partial charge in [0.2, 0.25) is 21.8 Å². The summed E-state index contributed by atoms with van der Waals surface area (Å²) in [7, 11) is -3.56. The number of hydrogen-bond donors (Lipinski definition) is 0. The molecule has 2 aliphatic rings. The van der Waals surface area contributed by atoms with Crippen LogP contribution in [0, 0.1) is 0 Å². The first kappa shape index (κ1) is 20.2. The molecule has 2 heterocycles. The molecular formula is C18H20N2O7S. The Hall–Kier alpha value is -2.59. The lowest BCUT2D eigenvalue weighted by molar-refractivity contribution is -0.151. The van der Waals surface area contributed by atoms with E-state index in [1.165, 1.54) is 28.6 Å². The van der Waals surface area contributed by atoms with Gasteiger partial charge in [-0.05, 0) is 37.1 Å². The Labute approximate surface area is 162 Å². The topological polar surface area (TPSA) is 118 Å². The average Bonchev–Trinajstić information content (AvgIpc) is 3.33. The van der Waals surface area contributed by atoms with E-state index >= 15 is 0 Å². The van der Waals surface area contributed by atoms with Gasteiger partial charge in [0.25, 0.3) is 0 Å². The smallest absolute Gasteiger partial charge is 0.326 e. The van der Waals surface area contributed by atoms with E-state index in [9.17, 15) is 27.6 Å². The molecule has 0 unspecified atom stereocenters. The maximum atomic E-state index is 12.5. The minimum atomic E-state index is -3.56. The van der Waals surface area contributed by atoms with Gasteiger partial charge in [-0.1, -0.05) is 0 Å². The fraction of sp³-hybridized carbons (Fsp3) is 0.444. The summed E-state index contributed by atoms with van der Waals surface area (Å²) < 4.78 is 31.2. The highest BCUT2D eigenvalue weighted by Crippen LogP contribution is 2.21. The Bertz CT molecular complexity index is 886. The number of rotatable bonds is 7. The van der Waals surface area contributed by atoms with Gasteiger partial charge in [-0.2, -0.15) is 4.31 Å². The van der Waals surface area contributed by atoms with E-state index < -0.39 is 46.7 Å². The summed E-state index contributed by atoms with van der Waals surface area (Å²) in [5.74, 6) is -2.26.